The second kappa shape index (κ2) is 5.55. The average molecular weight is 247 g/mol. The molecule has 1 aromatic carbocycles. The van der Waals surface area contributed by atoms with Crippen molar-refractivity contribution in [2.24, 2.45) is 0 Å². The Kier molecular flexibility index (Phi) is 4.55. The first-order valence-corrected chi connectivity index (χ1v) is 6.83. The van der Waals surface area contributed by atoms with Gasteiger partial charge in [0, 0.05) is 12.6 Å². The van der Waals surface area contributed by atoms with E-state index in [0.29, 0.717) is 5.92 Å². The number of amides is 1. The molecular weight excluding hydrogens is 222 g/mol. The van der Waals surface area contributed by atoms with E-state index in [1.54, 1.807) is 6.92 Å². The number of nitrogens with one attached hydrogen (secondary N) is 1. The van der Waals surface area contributed by atoms with Gasteiger partial charge in [-0.1, -0.05) is 46.8 Å². The predicted molar refractivity (Wildman–Crippen MR) is 78.2 cm³/mol. The second-order valence-electron chi connectivity index (χ2n) is 5.44. The van der Waals surface area contributed by atoms with Crippen LogP contribution in [0.2, 0.25) is 0 Å². The van der Waals surface area contributed by atoms with E-state index in [1.807, 2.05) is 26.0 Å². The summed E-state index contributed by atoms with van der Waals surface area (Å²) >= 11 is 0. The van der Waals surface area contributed by atoms with E-state index in [1.165, 1.54) is 11.1 Å². The molecule has 1 unspecified atom stereocenters. The lowest BCUT2D eigenvalue weighted by Crippen LogP contribution is -2.12. The molecule has 2 nitrogen and oxygen atoms in total. The van der Waals surface area contributed by atoms with Gasteiger partial charge in [0.15, 0.2) is 0 Å². The Labute approximate surface area is 111 Å². The number of benzene rings is 1. The van der Waals surface area contributed by atoms with Crippen LogP contribution >= 0.6 is 0 Å². The standard InChI is InChI=1S/C14H19NO.C2H6/c1-9-8-14(3,4)11-6-5-7-12(13(9)11)15-10(2)16;1-2/h5-7,9H,8H2,1-4H3,(H,15,16);1-2H3. The minimum atomic E-state index is 0.00491. The zero-order chi connectivity index (χ0) is 13.9. The molecule has 1 aromatic rings. The molecule has 2 heteroatoms. The highest BCUT2D eigenvalue weighted by atomic mass is 16.1. The predicted octanol–water partition coefficient (Wildman–Crippen LogP) is 4.46. The number of hydrogen-bond donors (Lipinski definition) is 1. The summed E-state index contributed by atoms with van der Waals surface area (Å²) in [5.41, 5.74) is 3.92. The molecule has 1 amide bonds. The van der Waals surface area contributed by atoms with Gasteiger partial charge in [0.1, 0.15) is 0 Å². The van der Waals surface area contributed by atoms with Gasteiger partial charge in [0.2, 0.25) is 5.91 Å². The summed E-state index contributed by atoms with van der Waals surface area (Å²) in [6, 6.07) is 6.21. The maximum atomic E-state index is 11.2. The molecule has 0 heterocycles. The van der Waals surface area contributed by atoms with Crippen LogP contribution in [0.3, 0.4) is 0 Å². The minimum Gasteiger partial charge on any atom is -0.326 e. The summed E-state index contributed by atoms with van der Waals surface area (Å²) in [5.74, 6) is 0.526. The van der Waals surface area contributed by atoms with E-state index in [9.17, 15) is 4.79 Å². The molecule has 0 saturated heterocycles. The third kappa shape index (κ3) is 2.74. The lowest BCUT2D eigenvalue weighted by Gasteiger charge is -2.19. The molecular formula is C16H25NO. The number of fused-ring (bicyclic) bond motifs is 1. The Bertz CT molecular complexity index is 435. The highest BCUT2D eigenvalue weighted by molar-refractivity contribution is 5.90. The molecule has 100 valence electrons. The van der Waals surface area contributed by atoms with Gasteiger partial charge in [0.05, 0.1) is 0 Å². The van der Waals surface area contributed by atoms with Gasteiger partial charge in [-0.2, -0.15) is 0 Å². The van der Waals surface area contributed by atoms with Crippen molar-refractivity contribution in [1.29, 1.82) is 0 Å². The number of rotatable bonds is 1. The highest BCUT2D eigenvalue weighted by Gasteiger charge is 2.35. The Hall–Kier alpha value is -1.31. The minimum absolute atomic E-state index is 0.00491. The second-order valence-corrected chi connectivity index (χ2v) is 5.44. The van der Waals surface area contributed by atoms with Gasteiger partial charge in [-0.25, -0.2) is 0 Å². The maximum absolute atomic E-state index is 11.2. The molecule has 18 heavy (non-hydrogen) atoms. The van der Waals surface area contributed by atoms with E-state index in [0.717, 1.165) is 12.1 Å². The first kappa shape index (κ1) is 14.7. The largest absolute Gasteiger partial charge is 0.326 e. The number of anilines is 1. The van der Waals surface area contributed by atoms with Crippen LogP contribution in [-0.2, 0) is 10.2 Å². The van der Waals surface area contributed by atoms with Crippen molar-refractivity contribution in [3.63, 3.8) is 0 Å². The molecule has 0 fully saturated rings. The van der Waals surface area contributed by atoms with Crippen molar-refractivity contribution in [2.75, 3.05) is 5.32 Å². The SMILES string of the molecule is CC.CC(=O)Nc1cccc2c1C(C)CC2(C)C. The Morgan fingerprint density at radius 3 is 2.50 bits per heavy atom. The van der Waals surface area contributed by atoms with Crippen molar-refractivity contribution in [2.45, 2.75) is 59.3 Å². The van der Waals surface area contributed by atoms with E-state index in [4.69, 9.17) is 0 Å². The van der Waals surface area contributed by atoms with Gasteiger partial charge >= 0.3 is 0 Å². The molecule has 0 bridgehead atoms. The summed E-state index contributed by atoms with van der Waals surface area (Å²) in [4.78, 5) is 11.2. The Balaban J connectivity index is 0.000000771. The van der Waals surface area contributed by atoms with Crippen LogP contribution in [0.4, 0.5) is 5.69 Å². The van der Waals surface area contributed by atoms with Gasteiger partial charge in [-0.05, 0) is 34.9 Å². The monoisotopic (exact) mass is 247 g/mol. The lowest BCUT2D eigenvalue weighted by atomic mass is 9.86. The fourth-order valence-electron chi connectivity index (χ4n) is 2.96. The van der Waals surface area contributed by atoms with E-state index < -0.39 is 0 Å². The fraction of sp³-hybridized carbons (Fsp3) is 0.562. The summed E-state index contributed by atoms with van der Waals surface area (Å²) in [6.07, 6.45) is 1.15. The Morgan fingerprint density at radius 1 is 1.33 bits per heavy atom. The number of hydrogen-bond acceptors (Lipinski definition) is 1. The van der Waals surface area contributed by atoms with Crippen LogP contribution in [0.1, 0.15) is 65.0 Å². The van der Waals surface area contributed by atoms with Crippen molar-refractivity contribution in [1.82, 2.24) is 0 Å². The van der Waals surface area contributed by atoms with Crippen LogP contribution in [0, 0.1) is 0 Å². The van der Waals surface area contributed by atoms with Gasteiger partial charge in [-0.15, -0.1) is 0 Å². The summed E-state index contributed by atoms with van der Waals surface area (Å²) in [7, 11) is 0. The molecule has 0 aromatic heterocycles. The number of carbonyl (C=O) groups excluding carboxylic acids is 1. The average Bonchev–Trinajstić information content (AvgIpc) is 2.52. The molecule has 0 saturated carbocycles. The van der Waals surface area contributed by atoms with Crippen molar-refractivity contribution >= 4 is 11.6 Å². The first-order chi connectivity index (χ1) is 8.42. The fourth-order valence-corrected chi connectivity index (χ4v) is 2.96. The molecule has 2 rings (SSSR count). The molecule has 1 aliphatic rings. The van der Waals surface area contributed by atoms with E-state index in [2.05, 4.69) is 32.2 Å². The molecule has 0 aliphatic heterocycles. The molecule has 1 aliphatic carbocycles. The smallest absolute Gasteiger partial charge is 0.221 e. The van der Waals surface area contributed by atoms with Gasteiger partial charge in [-0.3, -0.25) is 4.79 Å². The van der Waals surface area contributed by atoms with Crippen molar-refractivity contribution in [3.05, 3.63) is 29.3 Å². The van der Waals surface area contributed by atoms with Crippen LogP contribution < -0.4 is 5.32 Å². The van der Waals surface area contributed by atoms with E-state index >= 15 is 0 Å². The lowest BCUT2D eigenvalue weighted by molar-refractivity contribution is -0.114. The van der Waals surface area contributed by atoms with Crippen LogP contribution in [-0.4, -0.2) is 5.91 Å². The van der Waals surface area contributed by atoms with Gasteiger partial charge < -0.3 is 5.32 Å². The molecule has 1 atom stereocenters. The quantitative estimate of drug-likeness (QED) is 0.780. The molecule has 0 spiro atoms. The zero-order valence-corrected chi connectivity index (χ0v) is 12.4. The molecule has 1 N–H and O–H groups in total. The molecule has 0 radical (unpaired) electrons. The van der Waals surface area contributed by atoms with Crippen LogP contribution in [0.15, 0.2) is 18.2 Å². The Morgan fingerprint density at radius 2 is 1.94 bits per heavy atom. The zero-order valence-electron chi connectivity index (χ0n) is 12.4. The van der Waals surface area contributed by atoms with Crippen molar-refractivity contribution < 1.29 is 4.79 Å². The first-order valence-electron chi connectivity index (χ1n) is 6.83. The number of carbonyl (C=O) groups is 1. The topological polar surface area (TPSA) is 29.1 Å². The summed E-state index contributed by atoms with van der Waals surface area (Å²) in [6.45, 7) is 12.3. The maximum Gasteiger partial charge on any atom is 0.221 e. The van der Waals surface area contributed by atoms with Crippen molar-refractivity contribution in [3.8, 4) is 0 Å². The van der Waals surface area contributed by atoms with Crippen LogP contribution in [0.5, 0.6) is 0 Å². The van der Waals surface area contributed by atoms with E-state index in [-0.39, 0.29) is 11.3 Å². The third-order valence-corrected chi connectivity index (χ3v) is 3.46. The summed E-state index contributed by atoms with van der Waals surface area (Å²) in [5, 5.41) is 2.93. The highest BCUT2D eigenvalue weighted by Crippen LogP contribution is 2.48. The third-order valence-electron chi connectivity index (χ3n) is 3.46. The van der Waals surface area contributed by atoms with Gasteiger partial charge in [0.25, 0.3) is 0 Å². The summed E-state index contributed by atoms with van der Waals surface area (Å²) < 4.78 is 0. The normalized spacial score (nSPS) is 19.6. The van der Waals surface area contributed by atoms with Crippen LogP contribution in [0.25, 0.3) is 0 Å².